The largest absolute Gasteiger partial charge is 0.439 e. The van der Waals surface area contributed by atoms with Gasteiger partial charge in [0.2, 0.25) is 5.88 Å². The van der Waals surface area contributed by atoms with Crippen molar-refractivity contribution < 1.29 is 4.74 Å². The van der Waals surface area contributed by atoms with Gasteiger partial charge in [-0.25, -0.2) is 9.97 Å². The molecular formula is C11H9IN2O. The lowest BCUT2D eigenvalue weighted by Gasteiger charge is -2.04. The van der Waals surface area contributed by atoms with Gasteiger partial charge in [-0.2, -0.15) is 0 Å². The molecule has 1 aromatic carbocycles. The summed E-state index contributed by atoms with van der Waals surface area (Å²) in [5, 5.41) is 0. The number of nitrogens with zero attached hydrogens (tertiary/aromatic N) is 2. The fourth-order valence-electron chi connectivity index (χ4n) is 1.11. The number of hydrogen-bond acceptors (Lipinski definition) is 3. The number of aryl methyl sites for hydroxylation is 1. The van der Waals surface area contributed by atoms with Crippen LogP contribution in [0.25, 0.3) is 0 Å². The summed E-state index contributed by atoms with van der Waals surface area (Å²) in [5.74, 6) is 1.36. The Kier molecular flexibility index (Phi) is 3.15. The Morgan fingerprint density at radius 2 is 1.87 bits per heavy atom. The molecule has 0 aliphatic rings. The monoisotopic (exact) mass is 312 g/mol. The second kappa shape index (κ2) is 4.57. The molecule has 0 saturated carbocycles. The van der Waals surface area contributed by atoms with Crippen molar-refractivity contribution >= 4 is 22.6 Å². The molecule has 76 valence electrons. The summed E-state index contributed by atoms with van der Waals surface area (Å²) < 4.78 is 6.74. The van der Waals surface area contributed by atoms with Crippen molar-refractivity contribution in [2.45, 2.75) is 6.92 Å². The van der Waals surface area contributed by atoms with Crippen molar-refractivity contribution in [2.75, 3.05) is 0 Å². The Balaban J connectivity index is 2.18. The topological polar surface area (TPSA) is 35.0 Å². The zero-order valence-electron chi connectivity index (χ0n) is 8.14. The van der Waals surface area contributed by atoms with E-state index in [0.717, 1.165) is 11.4 Å². The molecule has 2 aromatic rings. The van der Waals surface area contributed by atoms with Gasteiger partial charge in [0.05, 0.1) is 0 Å². The average molecular weight is 312 g/mol. The van der Waals surface area contributed by atoms with Crippen LogP contribution >= 0.6 is 22.6 Å². The Morgan fingerprint density at radius 1 is 1.13 bits per heavy atom. The predicted molar refractivity (Wildman–Crippen MR) is 66.0 cm³/mol. The first-order valence-corrected chi connectivity index (χ1v) is 5.54. The van der Waals surface area contributed by atoms with E-state index >= 15 is 0 Å². The molecule has 4 heteroatoms. The van der Waals surface area contributed by atoms with Gasteiger partial charge >= 0.3 is 0 Å². The van der Waals surface area contributed by atoms with Crippen LogP contribution in [0.15, 0.2) is 36.7 Å². The quantitative estimate of drug-likeness (QED) is 0.799. The molecule has 1 aromatic heterocycles. The first-order valence-electron chi connectivity index (χ1n) is 4.46. The molecule has 1 heterocycles. The highest BCUT2D eigenvalue weighted by Crippen LogP contribution is 2.20. The third-order valence-electron chi connectivity index (χ3n) is 1.81. The highest BCUT2D eigenvalue weighted by molar-refractivity contribution is 14.1. The average Bonchev–Trinajstić information content (AvgIpc) is 2.22. The molecule has 0 spiro atoms. The number of ether oxygens (including phenoxy) is 1. The van der Waals surface area contributed by atoms with Gasteiger partial charge in [-0.15, -0.1) is 0 Å². The normalized spacial score (nSPS) is 10.0. The van der Waals surface area contributed by atoms with Gasteiger partial charge < -0.3 is 4.74 Å². The van der Waals surface area contributed by atoms with Crippen molar-refractivity contribution in [3.63, 3.8) is 0 Å². The SMILES string of the molecule is Cc1cc(Oc2ccc(I)cc2)ncn1. The van der Waals surface area contributed by atoms with E-state index in [9.17, 15) is 0 Å². The van der Waals surface area contributed by atoms with Crippen LogP contribution in [0.5, 0.6) is 11.6 Å². The zero-order chi connectivity index (χ0) is 10.7. The standard InChI is InChI=1S/C11H9IN2O/c1-8-6-11(14-7-13-8)15-10-4-2-9(12)3-5-10/h2-7H,1H3. The highest BCUT2D eigenvalue weighted by atomic mass is 127. The second-order valence-corrected chi connectivity index (χ2v) is 4.30. The van der Waals surface area contributed by atoms with E-state index in [2.05, 4.69) is 32.6 Å². The minimum atomic E-state index is 0.573. The van der Waals surface area contributed by atoms with Crippen LogP contribution in [0, 0.1) is 10.5 Å². The summed E-state index contributed by atoms with van der Waals surface area (Å²) >= 11 is 2.25. The number of benzene rings is 1. The summed E-state index contributed by atoms with van der Waals surface area (Å²) in [5.41, 5.74) is 0.894. The number of hydrogen-bond donors (Lipinski definition) is 0. The van der Waals surface area contributed by atoms with Gasteiger partial charge in [-0.1, -0.05) is 0 Å². The third kappa shape index (κ3) is 2.89. The van der Waals surface area contributed by atoms with Crippen molar-refractivity contribution in [2.24, 2.45) is 0 Å². The van der Waals surface area contributed by atoms with Crippen molar-refractivity contribution in [1.82, 2.24) is 9.97 Å². The molecule has 3 nitrogen and oxygen atoms in total. The Morgan fingerprint density at radius 3 is 2.53 bits per heavy atom. The smallest absolute Gasteiger partial charge is 0.222 e. The van der Waals surface area contributed by atoms with Gasteiger partial charge in [0.1, 0.15) is 12.1 Å². The van der Waals surface area contributed by atoms with Crippen molar-refractivity contribution in [3.8, 4) is 11.6 Å². The fourth-order valence-corrected chi connectivity index (χ4v) is 1.47. The molecule has 0 amide bonds. The maximum absolute atomic E-state index is 5.56. The number of halogens is 1. The van der Waals surface area contributed by atoms with E-state index in [1.54, 1.807) is 6.07 Å². The Bertz CT molecular complexity index is 456. The van der Waals surface area contributed by atoms with Gasteiger partial charge in [0.15, 0.2) is 0 Å². The minimum Gasteiger partial charge on any atom is -0.439 e. The Hall–Kier alpha value is -1.17. The van der Waals surface area contributed by atoms with E-state index in [4.69, 9.17) is 4.74 Å². The van der Waals surface area contributed by atoms with Crippen molar-refractivity contribution in [1.29, 1.82) is 0 Å². The summed E-state index contributed by atoms with van der Waals surface area (Å²) in [4.78, 5) is 8.03. The van der Waals surface area contributed by atoms with E-state index in [0.29, 0.717) is 5.88 Å². The lowest BCUT2D eigenvalue weighted by molar-refractivity contribution is 0.460. The molecule has 0 radical (unpaired) electrons. The molecule has 0 bridgehead atoms. The lowest BCUT2D eigenvalue weighted by Crippen LogP contribution is -1.90. The van der Waals surface area contributed by atoms with Crippen LogP contribution in [0.2, 0.25) is 0 Å². The molecule has 0 fully saturated rings. The maximum atomic E-state index is 5.56. The van der Waals surface area contributed by atoms with E-state index in [1.165, 1.54) is 9.90 Å². The maximum Gasteiger partial charge on any atom is 0.222 e. The molecule has 0 aliphatic heterocycles. The zero-order valence-corrected chi connectivity index (χ0v) is 10.3. The predicted octanol–water partition coefficient (Wildman–Crippen LogP) is 3.18. The van der Waals surface area contributed by atoms with Crippen LogP contribution in [0.3, 0.4) is 0 Å². The van der Waals surface area contributed by atoms with Gasteiger partial charge in [0, 0.05) is 15.3 Å². The molecule has 2 rings (SSSR count). The minimum absolute atomic E-state index is 0.573. The molecule has 0 N–H and O–H groups in total. The highest BCUT2D eigenvalue weighted by Gasteiger charge is 1.98. The number of rotatable bonds is 2. The van der Waals surface area contributed by atoms with Crippen LogP contribution in [0.1, 0.15) is 5.69 Å². The fraction of sp³-hybridized carbons (Fsp3) is 0.0909. The Labute approximate surface area is 102 Å². The molecule has 15 heavy (non-hydrogen) atoms. The summed E-state index contributed by atoms with van der Waals surface area (Å²) in [6, 6.07) is 9.62. The van der Waals surface area contributed by atoms with Crippen molar-refractivity contribution in [3.05, 3.63) is 45.9 Å². The molecule has 0 unspecified atom stereocenters. The van der Waals surface area contributed by atoms with E-state index in [-0.39, 0.29) is 0 Å². The second-order valence-electron chi connectivity index (χ2n) is 3.05. The summed E-state index contributed by atoms with van der Waals surface area (Å²) in [7, 11) is 0. The first-order chi connectivity index (χ1) is 7.24. The molecule has 0 atom stereocenters. The number of aromatic nitrogens is 2. The summed E-state index contributed by atoms with van der Waals surface area (Å²) in [6.07, 6.45) is 1.50. The summed E-state index contributed by atoms with van der Waals surface area (Å²) in [6.45, 7) is 1.91. The first kappa shape index (κ1) is 10.4. The van der Waals surface area contributed by atoms with Gasteiger partial charge in [-0.05, 0) is 53.8 Å². The van der Waals surface area contributed by atoms with Crippen LogP contribution < -0.4 is 4.74 Å². The van der Waals surface area contributed by atoms with Gasteiger partial charge in [0.25, 0.3) is 0 Å². The molecule has 0 aliphatic carbocycles. The van der Waals surface area contributed by atoms with Crippen LogP contribution in [-0.2, 0) is 0 Å². The lowest BCUT2D eigenvalue weighted by atomic mass is 10.3. The molecule has 0 saturated heterocycles. The van der Waals surface area contributed by atoms with Gasteiger partial charge in [-0.3, -0.25) is 0 Å². The van der Waals surface area contributed by atoms with E-state index in [1.807, 2.05) is 31.2 Å². The van der Waals surface area contributed by atoms with E-state index < -0.39 is 0 Å². The molecular weight excluding hydrogens is 303 g/mol. The third-order valence-corrected chi connectivity index (χ3v) is 2.53. The van der Waals surface area contributed by atoms with Crippen LogP contribution in [-0.4, -0.2) is 9.97 Å². The van der Waals surface area contributed by atoms with Crippen LogP contribution in [0.4, 0.5) is 0 Å².